The van der Waals surface area contributed by atoms with Crippen LogP contribution in [0.2, 0.25) is 0 Å². The van der Waals surface area contributed by atoms with Gasteiger partial charge in [0.25, 0.3) is 0 Å². The van der Waals surface area contributed by atoms with Gasteiger partial charge in [-0.15, -0.1) is 0 Å². The van der Waals surface area contributed by atoms with Gasteiger partial charge in [0, 0.05) is 93.8 Å². The normalized spacial score (nSPS) is 18.1. The standard InChI is InChI=1S/C23H16N2.4C22H16N2.C21H15N3/c1-2-10-18-16(8-1)17-9-3-4-11-19(17)25-21-13-6-5-12-20(21)24-15-7-14-22(24)23(18)25;1-4-12-20-16(7-1)15-9-5-10-17(15)22-18-8-2-3-11-19(18)23-14-6-13-21(23)24(20)22;3*1-2-10-18-16(7-1)15-8-5-9-17(15)22-21-13-6-14-23(21)19-11-3-4-12-20(19)24(18)22;1-3-9-17-15(7-1)22-13-5-11-19(22)21-20-12-6-14-23(20)16-8-2-4-10-18(16)24(17)21/h1-15,23H;1-9,11-14,22H,10H2;1-4,6-14,22H,5H2;1-7,9-14,22H,8H2;1-8,10-14,22H,9H2;1-14,21H. The molecule has 13 nitrogen and oxygen atoms in total. The number of benzene rings is 13. The smallest absolute Gasteiger partial charge is 0.118 e. The van der Waals surface area contributed by atoms with Crippen LogP contribution in [0.1, 0.15) is 129 Å². The SMILES string of the molecule is C1=C2C(=CC1)C1c3cccn3-c3ccccc3N1c1ccccc12.C1=CC2=C(C1)C1c3ccccc3-n3cccc3N1c1ccccc12.C1=CC2=C(C1)C1c3cccn3-c3ccccc3N1c1ccccc12.C1=CC2=C(C1)c1ccccc1N1c3ccccc3-n3cccc3C21.c1ccc2c(c1)-c1ccccc1N1c3ccccc3-n3cccc3C21.c1ccc2c(c1)N1c3ccccc3-n3cccc3C1c1cccn1-2. The third-order valence-electron chi connectivity index (χ3n) is 32.5. The molecule has 0 spiro atoms. The van der Waals surface area contributed by atoms with Crippen LogP contribution in [0.3, 0.4) is 0 Å². The van der Waals surface area contributed by atoms with E-state index in [4.69, 9.17) is 0 Å². The molecule has 0 bridgehead atoms. The van der Waals surface area contributed by atoms with Crippen LogP contribution in [0.4, 0.5) is 68.4 Å². The molecule has 5 unspecified atom stereocenters. The molecule has 7 aromatic heterocycles. The number of para-hydroxylation sites is 18. The largest absolute Gasteiger partial charge is 0.326 e. The summed E-state index contributed by atoms with van der Waals surface area (Å²) in [6, 6.07) is 146. The molecule has 0 fully saturated rings. The Morgan fingerprint density at radius 1 is 0.186 bits per heavy atom. The third kappa shape index (κ3) is 11.8. The molecule has 0 amide bonds. The van der Waals surface area contributed by atoms with E-state index in [1.165, 1.54) is 231 Å². The van der Waals surface area contributed by atoms with E-state index < -0.39 is 0 Å². The Kier molecular flexibility index (Phi) is 18.0. The summed E-state index contributed by atoms with van der Waals surface area (Å²) < 4.78 is 16.3. The molecule has 16 aliphatic rings. The second kappa shape index (κ2) is 32.0. The van der Waals surface area contributed by atoms with E-state index in [2.05, 4.69) is 554 Å². The van der Waals surface area contributed by atoms with Gasteiger partial charge in [-0.05, 0) is 276 Å². The molecular formula is C132H95N13. The van der Waals surface area contributed by atoms with E-state index in [1.54, 1.807) is 0 Å². The number of allylic oxidation sites excluding steroid dienone is 10. The molecular weight excluding hydrogens is 1770 g/mol. The van der Waals surface area contributed by atoms with Crippen molar-refractivity contribution in [2.24, 2.45) is 0 Å². The monoisotopic (exact) mass is 1860 g/mol. The number of nitrogens with zero attached hydrogens (tertiary/aromatic N) is 13. The van der Waals surface area contributed by atoms with E-state index >= 15 is 0 Å². The summed E-state index contributed by atoms with van der Waals surface area (Å²) in [5, 5.41) is 0. The lowest BCUT2D eigenvalue weighted by atomic mass is 9.84. The molecule has 145 heavy (non-hydrogen) atoms. The van der Waals surface area contributed by atoms with Crippen LogP contribution < -0.4 is 29.4 Å². The molecule has 0 radical (unpaired) electrons. The molecule has 0 saturated carbocycles. The topological polar surface area (TPSA) is 54.0 Å². The zero-order valence-electron chi connectivity index (χ0n) is 79.4. The number of aromatic nitrogens is 7. The molecule has 12 aliphatic heterocycles. The average Bonchev–Trinajstić information content (AvgIpc) is 1.73. The zero-order chi connectivity index (χ0) is 94.7. The van der Waals surface area contributed by atoms with Crippen molar-refractivity contribution >= 4 is 90.7 Å². The van der Waals surface area contributed by atoms with Crippen LogP contribution in [-0.2, 0) is 0 Å². The van der Waals surface area contributed by atoms with E-state index in [9.17, 15) is 0 Å². The minimum atomic E-state index is 0.194. The molecule has 20 aromatic rings. The third-order valence-corrected chi connectivity index (χ3v) is 32.5. The second-order valence-electron chi connectivity index (χ2n) is 39.5. The molecule has 13 aromatic carbocycles. The van der Waals surface area contributed by atoms with Gasteiger partial charge in [0.15, 0.2) is 0 Å². The van der Waals surface area contributed by atoms with E-state index in [0.717, 1.165) is 25.7 Å². The molecule has 0 saturated heterocycles. The summed E-state index contributed by atoms with van der Waals surface area (Å²) in [5.41, 5.74) is 53.5. The lowest BCUT2D eigenvalue weighted by Gasteiger charge is -2.45. The predicted octanol–water partition coefficient (Wildman–Crippen LogP) is 32.1. The molecule has 4 aliphatic carbocycles. The highest BCUT2D eigenvalue weighted by Gasteiger charge is 2.48. The second-order valence-corrected chi connectivity index (χ2v) is 39.5. The Bertz CT molecular complexity index is 9010. The van der Waals surface area contributed by atoms with Crippen molar-refractivity contribution in [2.45, 2.75) is 61.9 Å². The maximum Gasteiger partial charge on any atom is 0.118 e. The fourth-order valence-corrected chi connectivity index (χ4v) is 26.8. The van der Waals surface area contributed by atoms with Gasteiger partial charge in [0.05, 0.1) is 132 Å². The first-order valence-electron chi connectivity index (χ1n) is 50.9. The van der Waals surface area contributed by atoms with Crippen LogP contribution in [-0.4, -0.2) is 32.0 Å². The molecule has 36 rings (SSSR count). The molecule has 19 heterocycles. The number of anilines is 12. The van der Waals surface area contributed by atoms with Gasteiger partial charge >= 0.3 is 0 Å². The Labute approximate surface area is 841 Å². The van der Waals surface area contributed by atoms with Crippen LogP contribution in [0, 0.1) is 0 Å². The lowest BCUT2D eigenvalue weighted by molar-refractivity contribution is 0.672. The Morgan fingerprint density at radius 3 is 0.986 bits per heavy atom. The Hall–Kier alpha value is -18.5. The van der Waals surface area contributed by atoms with E-state index in [-0.39, 0.29) is 30.2 Å². The van der Waals surface area contributed by atoms with Crippen LogP contribution >= 0.6 is 0 Å². The zero-order valence-corrected chi connectivity index (χ0v) is 79.4. The maximum atomic E-state index is 2.53. The van der Waals surface area contributed by atoms with E-state index in [0.29, 0.717) is 6.04 Å². The van der Waals surface area contributed by atoms with Crippen molar-refractivity contribution in [3.63, 3.8) is 0 Å². The first-order chi connectivity index (χ1) is 72.1. The molecule has 0 N–H and O–H groups in total. The lowest BCUT2D eigenvalue weighted by Crippen LogP contribution is -2.36. The summed E-state index contributed by atoms with van der Waals surface area (Å²) in [6.07, 6.45) is 38.0. The van der Waals surface area contributed by atoms with Crippen LogP contribution in [0.25, 0.3) is 73.2 Å². The van der Waals surface area contributed by atoms with Gasteiger partial charge in [-0.3, -0.25) is 0 Å². The number of rotatable bonds is 0. The van der Waals surface area contributed by atoms with Gasteiger partial charge in [-0.1, -0.05) is 255 Å². The van der Waals surface area contributed by atoms with Gasteiger partial charge in [0.1, 0.15) is 30.0 Å². The summed E-state index contributed by atoms with van der Waals surface area (Å²) in [4.78, 5) is 15.1. The number of hydrogen-bond donors (Lipinski definition) is 0. The van der Waals surface area contributed by atoms with E-state index in [1.807, 2.05) is 0 Å². The predicted molar refractivity (Wildman–Crippen MR) is 588 cm³/mol. The minimum Gasteiger partial charge on any atom is -0.326 e. The van der Waals surface area contributed by atoms with Crippen molar-refractivity contribution in [1.29, 1.82) is 0 Å². The van der Waals surface area contributed by atoms with Crippen molar-refractivity contribution < 1.29 is 0 Å². The highest BCUT2D eigenvalue weighted by molar-refractivity contribution is 6.01. The van der Waals surface area contributed by atoms with Gasteiger partial charge in [-0.2, -0.15) is 0 Å². The highest BCUT2D eigenvalue weighted by Crippen LogP contribution is 2.63. The summed E-state index contributed by atoms with van der Waals surface area (Å²) in [7, 11) is 0. The fraction of sp³-hybridized carbons (Fsp3) is 0.0758. The average molecular weight is 1860 g/mol. The van der Waals surface area contributed by atoms with Crippen molar-refractivity contribution in [3.8, 4) is 50.9 Å². The first-order valence-corrected chi connectivity index (χ1v) is 50.9. The maximum absolute atomic E-state index is 2.53. The van der Waals surface area contributed by atoms with Crippen molar-refractivity contribution in [1.82, 2.24) is 32.0 Å². The number of hydrogen-bond acceptors (Lipinski definition) is 6. The number of fused-ring (bicyclic) bond motifs is 63. The summed E-state index contributed by atoms with van der Waals surface area (Å²) >= 11 is 0. The summed E-state index contributed by atoms with van der Waals surface area (Å²) in [5.74, 6) is 1.25. The summed E-state index contributed by atoms with van der Waals surface area (Å²) in [6.45, 7) is 0. The van der Waals surface area contributed by atoms with Crippen LogP contribution in [0.5, 0.6) is 0 Å². The highest BCUT2D eigenvalue weighted by atomic mass is 15.3. The molecule has 5 atom stereocenters. The minimum absolute atomic E-state index is 0.194. The first kappa shape index (κ1) is 81.4. The van der Waals surface area contributed by atoms with Crippen LogP contribution in [0.15, 0.2) is 515 Å². The molecule has 13 heteroatoms. The Balaban J connectivity index is 0.0000000792. The van der Waals surface area contributed by atoms with Gasteiger partial charge in [-0.25, -0.2) is 0 Å². The fourth-order valence-electron chi connectivity index (χ4n) is 26.8. The van der Waals surface area contributed by atoms with Gasteiger partial charge < -0.3 is 61.4 Å². The molecule has 688 valence electrons. The van der Waals surface area contributed by atoms with Crippen molar-refractivity contribution in [3.05, 3.63) is 582 Å². The Morgan fingerprint density at radius 2 is 0.497 bits per heavy atom. The van der Waals surface area contributed by atoms with Gasteiger partial charge in [0.2, 0.25) is 0 Å². The quantitative estimate of drug-likeness (QED) is 0.151. The van der Waals surface area contributed by atoms with Crippen molar-refractivity contribution in [2.75, 3.05) is 29.4 Å².